The molecule has 0 saturated carbocycles. The minimum absolute atomic E-state index is 0.563. The highest BCUT2D eigenvalue weighted by atomic mass is 14.8. The molecule has 0 bridgehead atoms. The molecule has 1 heterocycles. The highest BCUT2D eigenvalue weighted by Crippen LogP contribution is 2.22. The summed E-state index contributed by atoms with van der Waals surface area (Å²) >= 11 is 0. The molecule has 2 nitrogen and oxygen atoms in total. The number of nitrogens with one attached hydrogen (secondary N) is 1. The van der Waals surface area contributed by atoms with Gasteiger partial charge in [-0.05, 0) is 31.5 Å². The second-order valence-corrected chi connectivity index (χ2v) is 4.14. The summed E-state index contributed by atoms with van der Waals surface area (Å²) in [4.78, 5) is 4.34. The first-order valence-electron chi connectivity index (χ1n) is 5.22. The second kappa shape index (κ2) is 5.11. The van der Waals surface area contributed by atoms with Crippen molar-refractivity contribution in [2.24, 2.45) is 5.92 Å². The number of aryl methyl sites for hydroxylation is 1. The average molecular weight is 192 g/mol. The van der Waals surface area contributed by atoms with Gasteiger partial charge in [0.2, 0.25) is 0 Å². The van der Waals surface area contributed by atoms with Gasteiger partial charge in [0.05, 0.1) is 0 Å². The Morgan fingerprint density at radius 1 is 1.36 bits per heavy atom. The van der Waals surface area contributed by atoms with Crippen LogP contribution in [0.3, 0.4) is 0 Å². The highest BCUT2D eigenvalue weighted by Gasteiger charge is 2.14. The van der Waals surface area contributed by atoms with Gasteiger partial charge in [-0.3, -0.25) is 4.98 Å². The molecule has 0 aliphatic heterocycles. The van der Waals surface area contributed by atoms with Crippen molar-refractivity contribution >= 4 is 0 Å². The standard InChI is InChI=1S/C12H20N2/c1-9(2)12(8-13-4)11-6-5-10(3)14-7-11/h5-7,9,12-13H,8H2,1-4H3. The molecule has 1 aromatic rings. The van der Waals surface area contributed by atoms with Crippen LogP contribution in [0.4, 0.5) is 0 Å². The summed E-state index contributed by atoms with van der Waals surface area (Å²) < 4.78 is 0. The van der Waals surface area contributed by atoms with Crippen LogP contribution in [0.25, 0.3) is 0 Å². The fourth-order valence-corrected chi connectivity index (χ4v) is 1.66. The van der Waals surface area contributed by atoms with Crippen molar-refractivity contribution in [1.82, 2.24) is 10.3 Å². The number of aromatic nitrogens is 1. The van der Waals surface area contributed by atoms with E-state index in [0.717, 1.165) is 12.2 Å². The monoisotopic (exact) mass is 192 g/mol. The van der Waals surface area contributed by atoms with Crippen LogP contribution in [0.2, 0.25) is 0 Å². The second-order valence-electron chi connectivity index (χ2n) is 4.14. The van der Waals surface area contributed by atoms with Gasteiger partial charge in [0.25, 0.3) is 0 Å². The predicted molar refractivity (Wildman–Crippen MR) is 60.5 cm³/mol. The smallest absolute Gasteiger partial charge is 0.0372 e. The van der Waals surface area contributed by atoms with Gasteiger partial charge in [0.15, 0.2) is 0 Å². The maximum Gasteiger partial charge on any atom is 0.0372 e. The van der Waals surface area contributed by atoms with Gasteiger partial charge < -0.3 is 5.32 Å². The van der Waals surface area contributed by atoms with E-state index < -0.39 is 0 Å². The largest absolute Gasteiger partial charge is 0.319 e. The number of nitrogens with zero attached hydrogens (tertiary/aromatic N) is 1. The van der Waals surface area contributed by atoms with Crippen molar-refractivity contribution in [2.45, 2.75) is 26.7 Å². The molecule has 0 aromatic carbocycles. The van der Waals surface area contributed by atoms with Crippen LogP contribution in [-0.4, -0.2) is 18.6 Å². The van der Waals surface area contributed by atoms with Crippen LogP contribution in [-0.2, 0) is 0 Å². The van der Waals surface area contributed by atoms with Gasteiger partial charge >= 0.3 is 0 Å². The Balaban J connectivity index is 2.82. The molecule has 0 spiro atoms. The molecule has 1 N–H and O–H groups in total. The molecule has 14 heavy (non-hydrogen) atoms. The number of pyridine rings is 1. The van der Waals surface area contributed by atoms with Gasteiger partial charge in [0, 0.05) is 24.4 Å². The minimum atomic E-state index is 0.563. The van der Waals surface area contributed by atoms with Crippen LogP contribution in [0.15, 0.2) is 18.3 Å². The van der Waals surface area contributed by atoms with Crippen molar-refractivity contribution in [3.05, 3.63) is 29.6 Å². The van der Waals surface area contributed by atoms with Gasteiger partial charge in [0.1, 0.15) is 0 Å². The van der Waals surface area contributed by atoms with Crippen molar-refractivity contribution < 1.29 is 0 Å². The maximum absolute atomic E-state index is 4.34. The molecule has 2 heteroatoms. The molecule has 1 rings (SSSR count). The molecule has 1 aromatic heterocycles. The first-order chi connectivity index (χ1) is 6.65. The van der Waals surface area contributed by atoms with E-state index in [4.69, 9.17) is 0 Å². The van der Waals surface area contributed by atoms with Crippen LogP contribution < -0.4 is 5.32 Å². The Kier molecular flexibility index (Phi) is 4.08. The normalized spacial score (nSPS) is 13.2. The summed E-state index contributed by atoms with van der Waals surface area (Å²) in [5.41, 5.74) is 2.42. The number of hydrogen-bond acceptors (Lipinski definition) is 2. The Labute approximate surface area is 86.8 Å². The molecule has 0 radical (unpaired) electrons. The van der Waals surface area contributed by atoms with E-state index in [1.54, 1.807) is 0 Å². The average Bonchev–Trinajstić information content (AvgIpc) is 2.15. The van der Waals surface area contributed by atoms with Gasteiger partial charge in [-0.2, -0.15) is 0 Å². The third kappa shape index (κ3) is 2.81. The lowest BCUT2D eigenvalue weighted by molar-refractivity contribution is 0.477. The summed E-state index contributed by atoms with van der Waals surface area (Å²) in [6.07, 6.45) is 2.00. The molecule has 0 saturated heterocycles. The quantitative estimate of drug-likeness (QED) is 0.792. The van der Waals surface area contributed by atoms with E-state index in [1.807, 2.05) is 20.2 Å². The lowest BCUT2D eigenvalue weighted by Crippen LogP contribution is -2.21. The van der Waals surface area contributed by atoms with Crippen LogP contribution in [0.5, 0.6) is 0 Å². The molecular formula is C12H20N2. The molecule has 1 atom stereocenters. The summed E-state index contributed by atoms with van der Waals surface area (Å²) in [5, 5.41) is 3.23. The first-order valence-corrected chi connectivity index (χ1v) is 5.22. The predicted octanol–water partition coefficient (Wildman–Crippen LogP) is 2.35. The number of rotatable bonds is 4. The minimum Gasteiger partial charge on any atom is -0.319 e. The Morgan fingerprint density at radius 2 is 2.07 bits per heavy atom. The third-order valence-electron chi connectivity index (χ3n) is 2.59. The SMILES string of the molecule is CNCC(c1ccc(C)nc1)C(C)C. The van der Waals surface area contributed by atoms with Crippen LogP contribution in [0.1, 0.15) is 31.0 Å². The lowest BCUT2D eigenvalue weighted by Gasteiger charge is -2.20. The summed E-state index contributed by atoms with van der Waals surface area (Å²) in [5.74, 6) is 1.21. The van der Waals surface area contributed by atoms with Crippen molar-refractivity contribution in [2.75, 3.05) is 13.6 Å². The molecular weight excluding hydrogens is 172 g/mol. The van der Waals surface area contributed by atoms with Crippen molar-refractivity contribution in [1.29, 1.82) is 0 Å². The molecule has 78 valence electrons. The van der Waals surface area contributed by atoms with Gasteiger partial charge in [-0.15, -0.1) is 0 Å². The molecule has 1 unspecified atom stereocenters. The van der Waals surface area contributed by atoms with E-state index in [-0.39, 0.29) is 0 Å². The molecule has 0 aliphatic carbocycles. The molecule has 0 fully saturated rings. The van der Waals surface area contributed by atoms with E-state index in [9.17, 15) is 0 Å². The lowest BCUT2D eigenvalue weighted by atomic mass is 9.89. The zero-order chi connectivity index (χ0) is 10.6. The summed E-state index contributed by atoms with van der Waals surface area (Å²) in [6.45, 7) is 7.54. The summed E-state index contributed by atoms with van der Waals surface area (Å²) in [6, 6.07) is 4.27. The van der Waals surface area contributed by atoms with Crippen LogP contribution >= 0.6 is 0 Å². The zero-order valence-corrected chi connectivity index (χ0v) is 9.54. The summed E-state index contributed by atoms with van der Waals surface area (Å²) in [7, 11) is 2.00. The van der Waals surface area contributed by atoms with Crippen molar-refractivity contribution in [3.63, 3.8) is 0 Å². The van der Waals surface area contributed by atoms with E-state index in [2.05, 4.69) is 36.3 Å². The topological polar surface area (TPSA) is 24.9 Å². The Hall–Kier alpha value is -0.890. The first kappa shape index (κ1) is 11.2. The van der Waals surface area contributed by atoms with E-state index in [0.29, 0.717) is 11.8 Å². The molecule has 0 amide bonds. The molecule has 0 aliphatic rings. The van der Waals surface area contributed by atoms with Crippen LogP contribution in [0, 0.1) is 12.8 Å². The third-order valence-corrected chi connectivity index (χ3v) is 2.59. The van der Waals surface area contributed by atoms with Gasteiger partial charge in [-0.25, -0.2) is 0 Å². The maximum atomic E-state index is 4.34. The highest BCUT2D eigenvalue weighted by molar-refractivity contribution is 5.18. The van der Waals surface area contributed by atoms with E-state index >= 15 is 0 Å². The Bertz CT molecular complexity index is 264. The van der Waals surface area contributed by atoms with Gasteiger partial charge in [-0.1, -0.05) is 19.9 Å². The fraction of sp³-hybridized carbons (Fsp3) is 0.583. The Morgan fingerprint density at radius 3 is 2.50 bits per heavy atom. The van der Waals surface area contributed by atoms with E-state index in [1.165, 1.54) is 5.56 Å². The zero-order valence-electron chi connectivity index (χ0n) is 9.54. The number of likely N-dealkylation sites (N-methyl/N-ethyl adjacent to an activating group) is 1. The van der Waals surface area contributed by atoms with Crippen molar-refractivity contribution in [3.8, 4) is 0 Å². The number of hydrogen-bond donors (Lipinski definition) is 1. The fourth-order valence-electron chi connectivity index (χ4n) is 1.66.